The van der Waals surface area contributed by atoms with Crippen LogP contribution in [0.5, 0.6) is 11.5 Å². The van der Waals surface area contributed by atoms with Crippen LogP contribution in [-0.4, -0.2) is 45.9 Å². The van der Waals surface area contributed by atoms with Gasteiger partial charge in [0.2, 0.25) is 5.91 Å². The molecule has 0 aliphatic carbocycles. The fraction of sp³-hybridized carbons (Fsp3) is 0.500. The normalized spacial score (nSPS) is 18.1. The van der Waals surface area contributed by atoms with Crippen molar-refractivity contribution in [1.82, 2.24) is 5.32 Å². The van der Waals surface area contributed by atoms with Gasteiger partial charge in [0, 0.05) is 31.1 Å². The van der Waals surface area contributed by atoms with E-state index in [-0.39, 0.29) is 11.9 Å². The van der Waals surface area contributed by atoms with Crippen LogP contribution >= 0.6 is 11.6 Å². The summed E-state index contributed by atoms with van der Waals surface area (Å²) in [6, 6.07) is 3.28. The average Bonchev–Trinajstić information content (AvgIpc) is 2.49. The topological polar surface area (TPSA) is 68.8 Å². The number of carbonyl (C=O) groups excluding carboxylic acids is 1. The van der Waals surface area contributed by atoms with Crippen LogP contribution in [0.4, 0.5) is 5.69 Å². The van der Waals surface area contributed by atoms with Crippen LogP contribution in [0.3, 0.4) is 0 Å². The van der Waals surface area contributed by atoms with E-state index in [9.17, 15) is 4.79 Å². The van der Waals surface area contributed by atoms with Crippen molar-refractivity contribution in [2.24, 2.45) is 0 Å². The van der Waals surface area contributed by atoms with Crippen molar-refractivity contribution in [3.05, 3.63) is 17.2 Å². The molecule has 1 aliphatic rings. The predicted octanol–water partition coefficient (Wildman–Crippen LogP) is 1.67. The lowest BCUT2D eigenvalue weighted by atomic mass is 10.2. The Morgan fingerprint density at radius 2 is 2.19 bits per heavy atom. The summed E-state index contributed by atoms with van der Waals surface area (Å²) in [5, 5.41) is 6.47. The smallest absolute Gasteiger partial charge is 0.226 e. The first-order valence-corrected chi connectivity index (χ1v) is 7.04. The van der Waals surface area contributed by atoms with Gasteiger partial charge in [0.15, 0.2) is 0 Å². The van der Waals surface area contributed by atoms with Crippen molar-refractivity contribution in [2.45, 2.75) is 12.5 Å². The molecule has 0 bridgehead atoms. The Kier molecular flexibility index (Phi) is 5.67. The van der Waals surface area contributed by atoms with Crippen LogP contribution in [0.25, 0.3) is 0 Å². The van der Waals surface area contributed by atoms with Crippen molar-refractivity contribution < 1.29 is 19.0 Å². The van der Waals surface area contributed by atoms with Gasteiger partial charge in [-0.1, -0.05) is 11.6 Å². The van der Waals surface area contributed by atoms with Gasteiger partial charge in [-0.2, -0.15) is 0 Å². The van der Waals surface area contributed by atoms with Gasteiger partial charge in [-0.3, -0.25) is 4.79 Å². The number of methoxy groups -OCH3 is 2. The standard InChI is InChI=1S/C14H19ClN2O4/c1-19-12-7-11(13(20-2)6-10(12)15)17-14(18)5-9-8-21-4-3-16-9/h6-7,9,16H,3-5,8H2,1-2H3,(H,17,18). The van der Waals surface area contributed by atoms with Gasteiger partial charge in [0.05, 0.1) is 38.1 Å². The van der Waals surface area contributed by atoms with E-state index in [1.54, 1.807) is 12.1 Å². The molecule has 0 saturated carbocycles. The fourth-order valence-electron chi connectivity index (χ4n) is 2.13. The van der Waals surface area contributed by atoms with Gasteiger partial charge in [0.1, 0.15) is 11.5 Å². The molecule has 0 spiro atoms. The summed E-state index contributed by atoms with van der Waals surface area (Å²) >= 11 is 6.03. The lowest BCUT2D eigenvalue weighted by Crippen LogP contribution is -2.43. The third kappa shape index (κ3) is 4.23. The minimum Gasteiger partial charge on any atom is -0.495 e. The number of hydrogen-bond acceptors (Lipinski definition) is 5. The average molecular weight is 315 g/mol. The molecular weight excluding hydrogens is 296 g/mol. The molecule has 0 radical (unpaired) electrons. The maximum absolute atomic E-state index is 12.1. The summed E-state index contributed by atoms with van der Waals surface area (Å²) in [5.41, 5.74) is 0.528. The van der Waals surface area contributed by atoms with Crippen molar-refractivity contribution >= 4 is 23.2 Å². The molecular formula is C14H19ClN2O4. The molecule has 1 fully saturated rings. The largest absolute Gasteiger partial charge is 0.495 e. The Morgan fingerprint density at radius 3 is 2.81 bits per heavy atom. The maximum atomic E-state index is 12.1. The van der Waals surface area contributed by atoms with Crippen molar-refractivity contribution in [2.75, 3.05) is 39.3 Å². The Bertz CT molecular complexity index is 504. The zero-order chi connectivity index (χ0) is 15.2. The summed E-state index contributed by atoms with van der Waals surface area (Å²) < 4.78 is 15.7. The predicted molar refractivity (Wildman–Crippen MR) is 80.4 cm³/mol. The van der Waals surface area contributed by atoms with E-state index in [2.05, 4.69) is 10.6 Å². The van der Waals surface area contributed by atoms with Gasteiger partial charge in [-0.05, 0) is 0 Å². The van der Waals surface area contributed by atoms with Gasteiger partial charge in [-0.15, -0.1) is 0 Å². The van der Waals surface area contributed by atoms with E-state index in [0.717, 1.165) is 6.54 Å². The SMILES string of the molecule is COc1cc(NC(=O)CC2COCCN2)c(OC)cc1Cl. The highest BCUT2D eigenvalue weighted by molar-refractivity contribution is 6.32. The van der Waals surface area contributed by atoms with Crippen molar-refractivity contribution in [1.29, 1.82) is 0 Å². The first-order valence-electron chi connectivity index (χ1n) is 6.66. The summed E-state index contributed by atoms with van der Waals surface area (Å²) in [6.45, 7) is 1.98. The second kappa shape index (κ2) is 7.49. The van der Waals surface area contributed by atoms with Gasteiger partial charge in [0.25, 0.3) is 0 Å². The molecule has 116 valence electrons. The van der Waals surface area contributed by atoms with Crippen molar-refractivity contribution in [3.8, 4) is 11.5 Å². The third-order valence-electron chi connectivity index (χ3n) is 3.18. The van der Waals surface area contributed by atoms with Crippen LogP contribution in [0, 0.1) is 0 Å². The highest BCUT2D eigenvalue weighted by Crippen LogP contribution is 2.35. The second-order valence-corrected chi connectivity index (χ2v) is 5.07. The highest BCUT2D eigenvalue weighted by atomic mass is 35.5. The van der Waals surface area contributed by atoms with E-state index in [4.69, 9.17) is 25.8 Å². The van der Waals surface area contributed by atoms with Gasteiger partial charge in [-0.25, -0.2) is 0 Å². The Hall–Kier alpha value is -1.50. The number of morpholine rings is 1. The molecule has 1 aromatic carbocycles. The number of anilines is 1. The molecule has 1 atom stereocenters. The Balaban J connectivity index is 2.05. The Morgan fingerprint density at radius 1 is 1.43 bits per heavy atom. The first-order chi connectivity index (χ1) is 10.1. The third-order valence-corrected chi connectivity index (χ3v) is 3.47. The first kappa shape index (κ1) is 15.9. The molecule has 1 saturated heterocycles. The van der Waals surface area contributed by atoms with Crippen LogP contribution < -0.4 is 20.1 Å². The molecule has 1 aliphatic heterocycles. The van der Waals surface area contributed by atoms with Crippen LogP contribution in [0.15, 0.2) is 12.1 Å². The van der Waals surface area contributed by atoms with Crippen LogP contribution in [0.2, 0.25) is 5.02 Å². The molecule has 2 N–H and O–H groups in total. The Labute approximate surface area is 128 Å². The number of ether oxygens (including phenoxy) is 3. The summed E-state index contributed by atoms with van der Waals surface area (Å²) in [6.07, 6.45) is 0.327. The second-order valence-electron chi connectivity index (χ2n) is 4.67. The number of carbonyl (C=O) groups is 1. The van der Waals surface area contributed by atoms with Crippen LogP contribution in [0.1, 0.15) is 6.42 Å². The van der Waals surface area contributed by atoms with Gasteiger partial charge >= 0.3 is 0 Å². The summed E-state index contributed by atoms with van der Waals surface area (Å²) in [7, 11) is 3.03. The number of halogens is 1. The molecule has 1 unspecified atom stereocenters. The number of rotatable bonds is 5. The van der Waals surface area contributed by atoms with E-state index >= 15 is 0 Å². The molecule has 1 aromatic rings. The monoisotopic (exact) mass is 314 g/mol. The van der Waals surface area contributed by atoms with Crippen molar-refractivity contribution in [3.63, 3.8) is 0 Å². The van der Waals surface area contributed by atoms with E-state index in [0.29, 0.717) is 41.8 Å². The number of hydrogen-bond donors (Lipinski definition) is 2. The summed E-state index contributed by atoms with van der Waals surface area (Å²) in [5.74, 6) is 0.842. The van der Waals surface area contributed by atoms with E-state index < -0.39 is 0 Å². The van der Waals surface area contributed by atoms with Gasteiger partial charge < -0.3 is 24.8 Å². The van der Waals surface area contributed by atoms with E-state index in [1.807, 2.05) is 0 Å². The molecule has 2 rings (SSSR count). The van der Waals surface area contributed by atoms with E-state index in [1.165, 1.54) is 14.2 Å². The van der Waals surface area contributed by atoms with Crippen LogP contribution in [-0.2, 0) is 9.53 Å². The summed E-state index contributed by atoms with van der Waals surface area (Å²) in [4.78, 5) is 12.1. The quantitative estimate of drug-likeness (QED) is 0.865. The molecule has 7 heteroatoms. The minimum absolute atomic E-state index is 0.0268. The molecule has 1 amide bonds. The highest BCUT2D eigenvalue weighted by Gasteiger charge is 2.18. The minimum atomic E-state index is -0.124. The number of benzene rings is 1. The molecule has 6 nitrogen and oxygen atoms in total. The number of amides is 1. The molecule has 1 heterocycles. The lowest BCUT2D eigenvalue weighted by Gasteiger charge is -2.23. The zero-order valence-electron chi connectivity index (χ0n) is 12.1. The fourth-order valence-corrected chi connectivity index (χ4v) is 2.36. The maximum Gasteiger partial charge on any atom is 0.226 e. The molecule has 21 heavy (non-hydrogen) atoms. The number of nitrogens with one attached hydrogen (secondary N) is 2. The molecule has 0 aromatic heterocycles. The zero-order valence-corrected chi connectivity index (χ0v) is 12.8. The lowest BCUT2D eigenvalue weighted by molar-refractivity contribution is -0.117.